The predicted octanol–water partition coefficient (Wildman–Crippen LogP) is 2.88. The van der Waals surface area contributed by atoms with Gasteiger partial charge in [-0.1, -0.05) is 38.1 Å². The Hall–Kier alpha value is -1.72. The molecule has 0 aliphatic carbocycles. The van der Waals surface area contributed by atoms with Crippen molar-refractivity contribution in [2.75, 3.05) is 6.61 Å². The van der Waals surface area contributed by atoms with Gasteiger partial charge < -0.3 is 10.5 Å². The van der Waals surface area contributed by atoms with Crippen LogP contribution in [0.2, 0.25) is 0 Å². The van der Waals surface area contributed by atoms with Crippen LogP contribution in [0.1, 0.15) is 56.7 Å². The second-order valence-corrected chi connectivity index (χ2v) is 6.84. The van der Waals surface area contributed by atoms with E-state index in [1.165, 1.54) is 5.56 Å². The minimum absolute atomic E-state index is 0.0517. The molecule has 2 heterocycles. The van der Waals surface area contributed by atoms with Crippen molar-refractivity contribution in [2.45, 2.75) is 51.7 Å². The van der Waals surface area contributed by atoms with Crippen molar-refractivity contribution >= 4 is 0 Å². The first-order chi connectivity index (χ1) is 10.5. The van der Waals surface area contributed by atoms with Gasteiger partial charge in [-0.05, 0) is 36.0 Å². The van der Waals surface area contributed by atoms with E-state index < -0.39 is 0 Å². The SMILES string of the molecule is CC(C)(C)c1ccc(-n2nnc(CN)c2C2CCCO2)cc1. The minimum atomic E-state index is 0.0517. The van der Waals surface area contributed by atoms with Crippen molar-refractivity contribution in [3.63, 3.8) is 0 Å². The molecule has 1 aromatic heterocycles. The van der Waals surface area contributed by atoms with Crippen molar-refractivity contribution in [2.24, 2.45) is 5.73 Å². The van der Waals surface area contributed by atoms with Gasteiger partial charge in [0.2, 0.25) is 0 Å². The lowest BCUT2D eigenvalue weighted by atomic mass is 9.87. The van der Waals surface area contributed by atoms with Gasteiger partial charge in [0, 0.05) is 13.2 Å². The van der Waals surface area contributed by atoms with E-state index in [0.29, 0.717) is 6.54 Å². The molecule has 1 aliphatic rings. The third-order valence-corrected chi connectivity index (χ3v) is 4.18. The molecule has 0 radical (unpaired) electrons. The minimum Gasteiger partial charge on any atom is -0.372 e. The van der Waals surface area contributed by atoms with Crippen LogP contribution in [0.4, 0.5) is 0 Å². The van der Waals surface area contributed by atoms with E-state index in [1.54, 1.807) is 0 Å². The summed E-state index contributed by atoms with van der Waals surface area (Å²) in [7, 11) is 0. The fraction of sp³-hybridized carbons (Fsp3) is 0.529. The average molecular weight is 300 g/mol. The maximum atomic E-state index is 5.82. The molecule has 1 aromatic carbocycles. The van der Waals surface area contributed by atoms with Gasteiger partial charge in [0.25, 0.3) is 0 Å². The molecular formula is C17H24N4O. The summed E-state index contributed by atoms with van der Waals surface area (Å²) in [6, 6.07) is 8.48. The third kappa shape index (κ3) is 2.78. The number of rotatable bonds is 3. The Morgan fingerprint density at radius 1 is 1.27 bits per heavy atom. The molecule has 2 aromatic rings. The van der Waals surface area contributed by atoms with Crippen LogP contribution >= 0.6 is 0 Å². The molecule has 1 aliphatic heterocycles. The van der Waals surface area contributed by atoms with E-state index in [0.717, 1.165) is 36.5 Å². The first-order valence-electron chi connectivity index (χ1n) is 7.88. The molecule has 0 spiro atoms. The smallest absolute Gasteiger partial charge is 0.103 e. The monoisotopic (exact) mass is 300 g/mol. The van der Waals surface area contributed by atoms with Crippen LogP contribution in [0.25, 0.3) is 5.69 Å². The van der Waals surface area contributed by atoms with Crippen molar-refractivity contribution in [3.05, 3.63) is 41.2 Å². The molecule has 22 heavy (non-hydrogen) atoms. The Bertz CT molecular complexity index is 634. The second-order valence-electron chi connectivity index (χ2n) is 6.84. The lowest BCUT2D eigenvalue weighted by molar-refractivity contribution is 0.106. The molecule has 5 nitrogen and oxygen atoms in total. The summed E-state index contributed by atoms with van der Waals surface area (Å²) in [6.07, 6.45) is 2.12. The summed E-state index contributed by atoms with van der Waals surface area (Å²) in [5, 5.41) is 8.54. The Kier molecular flexibility index (Phi) is 4.02. The molecule has 1 saturated heterocycles. The van der Waals surface area contributed by atoms with Gasteiger partial charge in [0.15, 0.2) is 0 Å². The van der Waals surface area contributed by atoms with E-state index in [9.17, 15) is 0 Å². The summed E-state index contributed by atoms with van der Waals surface area (Å²) >= 11 is 0. The van der Waals surface area contributed by atoms with Gasteiger partial charge in [-0.15, -0.1) is 5.10 Å². The van der Waals surface area contributed by atoms with Crippen LogP contribution in [-0.4, -0.2) is 21.6 Å². The van der Waals surface area contributed by atoms with Crippen LogP contribution in [-0.2, 0) is 16.7 Å². The molecule has 1 unspecified atom stereocenters. The summed E-state index contributed by atoms with van der Waals surface area (Å²) in [4.78, 5) is 0. The van der Waals surface area contributed by atoms with Crippen molar-refractivity contribution in [1.82, 2.24) is 15.0 Å². The molecule has 0 amide bonds. The van der Waals surface area contributed by atoms with Crippen molar-refractivity contribution in [1.29, 1.82) is 0 Å². The Balaban J connectivity index is 1.99. The zero-order valence-corrected chi connectivity index (χ0v) is 13.5. The van der Waals surface area contributed by atoms with E-state index in [-0.39, 0.29) is 11.5 Å². The fourth-order valence-electron chi connectivity index (χ4n) is 2.87. The Morgan fingerprint density at radius 2 is 2.00 bits per heavy atom. The van der Waals surface area contributed by atoms with Crippen LogP contribution in [0.5, 0.6) is 0 Å². The number of ether oxygens (including phenoxy) is 1. The molecule has 2 N–H and O–H groups in total. The lowest BCUT2D eigenvalue weighted by Crippen LogP contribution is -2.13. The maximum Gasteiger partial charge on any atom is 0.103 e. The molecule has 0 bridgehead atoms. The number of aromatic nitrogens is 3. The third-order valence-electron chi connectivity index (χ3n) is 4.18. The van der Waals surface area contributed by atoms with Gasteiger partial charge in [0.1, 0.15) is 11.8 Å². The Labute approximate surface area is 131 Å². The molecule has 1 fully saturated rings. The number of hydrogen-bond donors (Lipinski definition) is 1. The first-order valence-corrected chi connectivity index (χ1v) is 7.88. The summed E-state index contributed by atoms with van der Waals surface area (Å²) < 4.78 is 7.70. The summed E-state index contributed by atoms with van der Waals surface area (Å²) in [6.45, 7) is 7.81. The number of hydrogen-bond acceptors (Lipinski definition) is 4. The summed E-state index contributed by atoms with van der Waals surface area (Å²) in [5.74, 6) is 0. The van der Waals surface area contributed by atoms with E-state index in [4.69, 9.17) is 10.5 Å². The quantitative estimate of drug-likeness (QED) is 0.946. The van der Waals surface area contributed by atoms with Gasteiger partial charge >= 0.3 is 0 Å². The van der Waals surface area contributed by atoms with Crippen molar-refractivity contribution < 1.29 is 4.74 Å². The Morgan fingerprint density at radius 3 is 2.55 bits per heavy atom. The van der Waals surface area contributed by atoms with E-state index >= 15 is 0 Å². The lowest BCUT2D eigenvalue weighted by Gasteiger charge is -2.19. The van der Waals surface area contributed by atoms with Gasteiger partial charge in [-0.3, -0.25) is 0 Å². The molecular weight excluding hydrogens is 276 g/mol. The molecule has 3 rings (SSSR count). The van der Waals surface area contributed by atoms with Gasteiger partial charge in [-0.25, -0.2) is 4.68 Å². The highest BCUT2D eigenvalue weighted by Gasteiger charge is 2.26. The number of nitrogens with zero attached hydrogens (tertiary/aromatic N) is 3. The highest BCUT2D eigenvalue weighted by Crippen LogP contribution is 2.32. The highest BCUT2D eigenvalue weighted by atomic mass is 16.5. The van der Waals surface area contributed by atoms with Crippen molar-refractivity contribution in [3.8, 4) is 5.69 Å². The molecule has 5 heteroatoms. The first kappa shape index (κ1) is 15.2. The second kappa shape index (κ2) is 5.82. The van der Waals surface area contributed by atoms with Gasteiger partial charge in [-0.2, -0.15) is 0 Å². The number of nitrogens with two attached hydrogens (primary N) is 1. The topological polar surface area (TPSA) is 66.0 Å². The molecule has 118 valence electrons. The van der Waals surface area contributed by atoms with Crippen LogP contribution in [0.3, 0.4) is 0 Å². The summed E-state index contributed by atoms with van der Waals surface area (Å²) in [5.41, 5.74) is 10.1. The average Bonchev–Trinajstić information content (AvgIpc) is 3.15. The van der Waals surface area contributed by atoms with Crippen LogP contribution in [0.15, 0.2) is 24.3 Å². The molecule has 1 atom stereocenters. The predicted molar refractivity (Wildman–Crippen MR) is 85.9 cm³/mol. The highest BCUT2D eigenvalue weighted by molar-refractivity contribution is 5.38. The van der Waals surface area contributed by atoms with E-state index in [1.807, 2.05) is 4.68 Å². The largest absolute Gasteiger partial charge is 0.372 e. The molecule has 0 saturated carbocycles. The number of benzene rings is 1. The zero-order valence-electron chi connectivity index (χ0n) is 13.5. The van der Waals surface area contributed by atoms with Crippen LogP contribution in [0, 0.1) is 0 Å². The zero-order chi connectivity index (χ0) is 15.7. The fourth-order valence-corrected chi connectivity index (χ4v) is 2.87. The normalized spacial score (nSPS) is 18.8. The van der Waals surface area contributed by atoms with Crippen LogP contribution < -0.4 is 5.73 Å². The van der Waals surface area contributed by atoms with Gasteiger partial charge in [0.05, 0.1) is 11.4 Å². The van der Waals surface area contributed by atoms with E-state index in [2.05, 4.69) is 55.3 Å². The maximum absolute atomic E-state index is 5.82. The standard InChI is InChI=1S/C17H24N4O/c1-17(2,3)12-6-8-13(9-7-12)21-16(14(11-18)19-20-21)15-5-4-10-22-15/h6-9,15H,4-5,10-11,18H2,1-3H3.